The van der Waals surface area contributed by atoms with E-state index in [9.17, 15) is 0 Å². The van der Waals surface area contributed by atoms with E-state index in [0.717, 1.165) is 11.1 Å². The third-order valence-electron chi connectivity index (χ3n) is 2.72. The summed E-state index contributed by atoms with van der Waals surface area (Å²) in [4.78, 5) is 4.10. The molecule has 0 saturated carbocycles. The number of rotatable bonds is 1. The van der Waals surface area contributed by atoms with Crippen LogP contribution in [0.2, 0.25) is 0 Å². The van der Waals surface area contributed by atoms with Gasteiger partial charge in [-0.15, -0.1) is 0 Å². The van der Waals surface area contributed by atoms with Crippen molar-refractivity contribution >= 4 is 33.8 Å². The smallest absolute Gasteiger partial charge is 0.0820 e. The van der Waals surface area contributed by atoms with Gasteiger partial charge >= 0.3 is 0 Å². The zero-order valence-corrected chi connectivity index (χ0v) is 9.56. The standard InChI is InChI=1S/C13H11NS/c1-9-7-13(14-8-15)12-6-4-3-5-11(12)10(9)2/h3-7H,1-2H3. The van der Waals surface area contributed by atoms with Crippen LogP contribution < -0.4 is 0 Å². The third kappa shape index (κ3) is 1.70. The molecule has 0 bridgehead atoms. The number of thiocarbonyl (C=S) groups is 1. The average molecular weight is 213 g/mol. The van der Waals surface area contributed by atoms with Crippen LogP contribution in [0.1, 0.15) is 11.1 Å². The second-order valence-corrected chi connectivity index (χ2v) is 3.77. The van der Waals surface area contributed by atoms with Crippen LogP contribution >= 0.6 is 12.2 Å². The Morgan fingerprint density at radius 1 is 1.13 bits per heavy atom. The van der Waals surface area contributed by atoms with Gasteiger partial charge in [-0.2, -0.15) is 4.99 Å². The lowest BCUT2D eigenvalue weighted by atomic mass is 9.99. The number of hydrogen-bond acceptors (Lipinski definition) is 2. The number of isothiocyanates is 1. The molecule has 0 aromatic heterocycles. The summed E-state index contributed by atoms with van der Waals surface area (Å²) < 4.78 is 0. The highest BCUT2D eigenvalue weighted by Gasteiger charge is 2.04. The molecule has 0 radical (unpaired) electrons. The maximum Gasteiger partial charge on any atom is 0.0820 e. The van der Waals surface area contributed by atoms with E-state index in [-0.39, 0.29) is 0 Å². The van der Waals surface area contributed by atoms with Gasteiger partial charge in [0.2, 0.25) is 0 Å². The Kier molecular flexibility index (Phi) is 2.63. The van der Waals surface area contributed by atoms with Crippen LogP contribution in [-0.4, -0.2) is 5.16 Å². The third-order valence-corrected chi connectivity index (χ3v) is 2.81. The zero-order valence-electron chi connectivity index (χ0n) is 8.74. The summed E-state index contributed by atoms with van der Waals surface area (Å²) in [5.74, 6) is 0. The molecule has 74 valence electrons. The summed E-state index contributed by atoms with van der Waals surface area (Å²) in [7, 11) is 0. The molecule has 0 atom stereocenters. The topological polar surface area (TPSA) is 12.4 Å². The van der Waals surface area contributed by atoms with E-state index in [1.807, 2.05) is 12.1 Å². The SMILES string of the molecule is Cc1cc(N=C=S)c2ccccc2c1C. The van der Waals surface area contributed by atoms with Gasteiger partial charge in [0.05, 0.1) is 10.8 Å². The summed E-state index contributed by atoms with van der Waals surface area (Å²) in [5.41, 5.74) is 3.44. The molecule has 0 heterocycles. The monoisotopic (exact) mass is 213 g/mol. The highest BCUT2D eigenvalue weighted by molar-refractivity contribution is 7.78. The fraction of sp³-hybridized carbons (Fsp3) is 0.154. The maximum atomic E-state index is 4.66. The number of fused-ring (bicyclic) bond motifs is 1. The highest BCUT2D eigenvalue weighted by Crippen LogP contribution is 2.30. The lowest BCUT2D eigenvalue weighted by molar-refractivity contribution is 1.37. The Balaban J connectivity index is 2.94. The number of benzene rings is 2. The molecule has 0 aliphatic carbocycles. The first kappa shape index (κ1) is 10.0. The van der Waals surface area contributed by atoms with E-state index in [4.69, 9.17) is 0 Å². The predicted molar refractivity (Wildman–Crippen MR) is 68.1 cm³/mol. The summed E-state index contributed by atoms with van der Waals surface area (Å²) >= 11 is 4.66. The molecule has 2 aromatic rings. The fourth-order valence-corrected chi connectivity index (χ4v) is 1.88. The first-order valence-corrected chi connectivity index (χ1v) is 5.21. The second-order valence-electron chi connectivity index (χ2n) is 3.59. The molecule has 0 amide bonds. The van der Waals surface area contributed by atoms with Gasteiger partial charge in [-0.3, -0.25) is 0 Å². The zero-order chi connectivity index (χ0) is 10.8. The van der Waals surface area contributed by atoms with Crippen LogP contribution in [0.5, 0.6) is 0 Å². The largest absolute Gasteiger partial charge is 0.194 e. The number of nitrogens with zero attached hydrogens (tertiary/aromatic N) is 1. The number of aliphatic imine (C=N–C) groups is 1. The highest BCUT2D eigenvalue weighted by atomic mass is 32.1. The summed E-state index contributed by atoms with van der Waals surface area (Å²) in [6, 6.07) is 10.3. The number of hydrogen-bond donors (Lipinski definition) is 0. The van der Waals surface area contributed by atoms with Crippen molar-refractivity contribution in [2.75, 3.05) is 0 Å². The van der Waals surface area contributed by atoms with E-state index in [1.54, 1.807) is 0 Å². The predicted octanol–water partition coefficient (Wildman–Crippen LogP) is 4.19. The van der Waals surface area contributed by atoms with Crippen molar-refractivity contribution in [3.63, 3.8) is 0 Å². The van der Waals surface area contributed by atoms with Crippen molar-refractivity contribution in [1.29, 1.82) is 0 Å². The van der Waals surface area contributed by atoms with Crippen LogP contribution in [0.15, 0.2) is 35.3 Å². The van der Waals surface area contributed by atoms with Crippen molar-refractivity contribution in [3.8, 4) is 0 Å². The van der Waals surface area contributed by atoms with Crippen LogP contribution in [0.25, 0.3) is 10.8 Å². The summed E-state index contributed by atoms with van der Waals surface area (Å²) in [6.45, 7) is 4.22. The van der Waals surface area contributed by atoms with E-state index in [1.165, 1.54) is 16.5 Å². The molecular formula is C13H11NS. The van der Waals surface area contributed by atoms with E-state index >= 15 is 0 Å². The summed E-state index contributed by atoms with van der Waals surface area (Å²) in [5, 5.41) is 4.81. The molecule has 0 aliphatic heterocycles. The Morgan fingerprint density at radius 3 is 2.47 bits per heavy atom. The van der Waals surface area contributed by atoms with Gasteiger partial charge in [0.25, 0.3) is 0 Å². The first-order chi connectivity index (χ1) is 7.24. The molecular weight excluding hydrogens is 202 g/mol. The quantitative estimate of drug-likeness (QED) is 0.511. The molecule has 2 aromatic carbocycles. The lowest BCUT2D eigenvalue weighted by Crippen LogP contribution is -1.84. The Morgan fingerprint density at radius 2 is 1.80 bits per heavy atom. The van der Waals surface area contributed by atoms with E-state index in [2.05, 4.69) is 54.4 Å². The van der Waals surface area contributed by atoms with Gasteiger partial charge in [0.1, 0.15) is 0 Å². The van der Waals surface area contributed by atoms with Gasteiger partial charge in [-0.05, 0) is 48.6 Å². The molecule has 15 heavy (non-hydrogen) atoms. The minimum absolute atomic E-state index is 0.906. The maximum absolute atomic E-state index is 4.66. The molecule has 0 spiro atoms. The minimum Gasteiger partial charge on any atom is -0.194 e. The van der Waals surface area contributed by atoms with Gasteiger partial charge in [-0.25, -0.2) is 0 Å². The Hall–Kier alpha value is -1.50. The van der Waals surface area contributed by atoms with Gasteiger partial charge in [0, 0.05) is 5.39 Å². The number of aryl methyl sites for hydroxylation is 2. The van der Waals surface area contributed by atoms with Gasteiger partial charge in [0.15, 0.2) is 0 Å². The molecule has 0 N–H and O–H groups in total. The van der Waals surface area contributed by atoms with Gasteiger partial charge < -0.3 is 0 Å². The normalized spacial score (nSPS) is 10.0. The van der Waals surface area contributed by atoms with Crippen LogP contribution in [0, 0.1) is 13.8 Å². The van der Waals surface area contributed by atoms with Crippen molar-refractivity contribution in [2.45, 2.75) is 13.8 Å². The van der Waals surface area contributed by atoms with E-state index < -0.39 is 0 Å². The fourth-order valence-electron chi connectivity index (χ4n) is 1.78. The van der Waals surface area contributed by atoms with Crippen molar-refractivity contribution < 1.29 is 0 Å². The Labute approximate surface area is 94.5 Å². The molecule has 0 saturated heterocycles. The second kappa shape index (κ2) is 3.93. The van der Waals surface area contributed by atoms with Crippen LogP contribution in [-0.2, 0) is 0 Å². The minimum atomic E-state index is 0.906. The molecule has 0 aliphatic rings. The molecule has 0 unspecified atom stereocenters. The van der Waals surface area contributed by atoms with Gasteiger partial charge in [-0.1, -0.05) is 24.3 Å². The molecule has 0 fully saturated rings. The van der Waals surface area contributed by atoms with Crippen LogP contribution in [0.4, 0.5) is 5.69 Å². The lowest BCUT2D eigenvalue weighted by Gasteiger charge is -2.07. The average Bonchev–Trinajstić information content (AvgIpc) is 2.26. The van der Waals surface area contributed by atoms with E-state index in [0.29, 0.717) is 0 Å². The molecule has 2 heteroatoms. The van der Waals surface area contributed by atoms with Crippen molar-refractivity contribution in [1.82, 2.24) is 0 Å². The van der Waals surface area contributed by atoms with Crippen molar-refractivity contribution in [3.05, 3.63) is 41.5 Å². The first-order valence-electron chi connectivity index (χ1n) is 4.81. The Bertz CT molecular complexity index is 566. The summed E-state index contributed by atoms with van der Waals surface area (Å²) in [6.07, 6.45) is 0. The van der Waals surface area contributed by atoms with Crippen LogP contribution in [0.3, 0.4) is 0 Å². The van der Waals surface area contributed by atoms with Crippen molar-refractivity contribution in [2.24, 2.45) is 4.99 Å². The molecule has 1 nitrogen and oxygen atoms in total. The molecule has 2 rings (SSSR count).